The molecule has 4 heteroatoms. The van der Waals surface area contributed by atoms with E-state index < -0.39 is 17.4 Å². The van der Waals surface area contributed by atoms with Gasteiger partial charge < -0.3 is 0 Å². The van der Waals surface area contributed by atoms with E-state index >= 15 is 0 Å². The highest BCUT2D eigenvalue weighted by atomic mass is 35.5. The average Bonchev–Trinajstić information content (AvgIpc) is 2.36. The summed E-state index contributed by atoms with van der Waals surface area (Å²) in [5.41, 5.74) is 1.18. The lowest BCUT2D eigenvalue weighted by Crippen LogP contribution is -2.06. The van der Waals surface area contributed by atoms with E-state index in [9.17, 15) is 13.6 Å². The molecule has 1 nitrogen and oxygen atoms in total. The first-order valence-corrected chi connectivity index (χ1v) is 6.04. The van der Waals surface area contributed by atoms with E-state index in [1.54, 1.807) is 19.1 Å². The molecule has 0 aromatic heterocycles. The van der Waals surface area contributed by atoms with Crippen molar-refractivity contribution in [1.82, 2.24) is 0 Å². The Labute approximate surface area is 114 Å². The SMILES string of the molecule is Cc1cc(C(=O)c2ccc(C)c(Cl)c2)c(F)cc1F. The number of carbonyl (C=O) groups is 1. The van der Waals surface area contributed by atoms with Crippen molar-refractivity contribution in [3.63, 3.8) is 0 Å². The normalized spacial score (nSPS) is 10.6. The topological polar surface area (TPSA) is 17.1 Å². The monoisotopic (exact) mass is 280 g/mol. The first kappa shape index (κ1) is 13.7. The van der Waals surface area contributed by atoms with Crippen LogP contribution in [0.4, 0.5) is 8.78 Å². The molecular formula is C15H11ClF2O. The van der Waals surface area contributed by atoms with Crippen LogP contribution in [0.5, 0.6) is 0 Å². The Morgan fingerprint density at radius 3 is 2.32 bits per heavy atom. The molecule has 0 atom stereocenters. The molecule has 0 fully saturated rings. The van der Waals surface area contributed by atoms with Crippen LogP contribution >= 0.6 is 11.6 Å². The number of aryl methyl sites for hydroxylation is 2. The van der Waals surface area contributed by atoms with Crippen LogP contribution in [0.3, 0.4) is 0 Å². The van der Waals surface area contributed by atoms with Crippen molar-refractivity contribution in [2.45, 2.75) is 13.8 Å². The predicted octanol–water partition coefficient (Wildman–Crippen LogP) is 4.47. The van der Waals surface area contributed by atoms with Gasteiger partial charge in [-0.15, -0.1) is 0 Å². The molecule has 0 aliphatic carbocycles. The molecule has 98 valence electrons. The Morgan fingerprint density at radius 1 is 1.00 bits per heavy atom. The number of halogens is 3. The lowest BCUT2D eigenvalue weighted by Gasteiger charge is -2.06. The Kier molecular flexibility index (Phi) is 3.67. The highest BCUT2D eigenvalue weighted by Crippen LogP contribution is 2.21. The maximum absolute atomic E-state index is 13.7. The summed E-state index contributed by atoms with van der Waals surface area (Å²) >= 11 is 5.94. The minimum absolute atomic E-state index is 0.154. The maximum Gasteiger partial charge on any atom is 0.196 e. The van der Waals surface area contributed by atoms with Crippen molar-refractivity contribution in [2.24, 2.45) is 0 Å². The summed E-state index contributed by atoms with van der Waals surface area (Å²) in [7, 11) is 0. The number of hydrogen-bond donors (Lipinski definition) is 0. The maximum atomic E-state index is 13.7. The summed E-state index contributed by atoms with van der Waals surface area (Å²) < 4.78 is 26.8. The second-order valence-electron chi connectivity index (χ2n) is 4.37. The van der Waals surface area contributed by atoms with Gasteiger partial charge in [0.05, 0.1) is 5.56 Å². The fourth-order valence-electron chi connectivity index (χ4n) is 1.72. The molecule has 0 heterocycles. The van der Waals surface area contributed by atoms with Gasteiger partial charge in [-0.1, -0.05) is 23.7 Å². The molecule has 0 saturated carbocycles. The molecule has 0 spiro atoms. The van der Waals surface area contributed by atoms with Crippen LogP contribution in [0.15, 0.2) is 30.3 Å². The molecule has 0 amide bonds. The zero-order valence-electron chi connectivity index (χ0n) is 10.4. The van der Waals surface area contributed by atoms with Gasteiger partial charge in [-0.25, -0.2) is 8.78 Å². The Bertz CT molecular complexity index is 665. The van der Waals surface area contributed by atoms with Crippen LogP contribution in [0.1, 0.15) is 27.0 Å². The summed E-state index contributed by atoms with van der Waals surface area (Å²) in [5.74, 6) is -2.05. The summed E-state index contributed by atoms with van der Waals surface area (Å²) in [6, 6.07) is 6.67. The van der Waals surface area contributed by atoms with Gasteiger partial charge in [0.25, 0.3) is 0 Å². The summed E-state index contributed by atoms with van der Waals surface area (Å²) in [6.45, 7) is 3.28. The molecular weight excluding hydrogens is 270 g/mol. The first-order valence-electron chi connectivity index (χ1n) is 5.66. The van der Waals surface area contributed by atoms with Crippen LogP contribution in [0, 0.1) is 25.5 Å². The molecule has 0 N–H and O–H groups in total. The number of ketones is 1. The van der Waals surface area contributed by atoms with E-state index in [1.165, 1.54) is 19.1 Å². The summed E-state index contributed by atoms with van der Waals surface area (Å²) in [4.78, 5) is 12.2. The Hall–Kier alpha value is -1.74. The molecule has 2 rings (SSSR count). The average molecular weight is 281 g/mol. The smallest absolute Gasteiger partial charge is 0.196 e. The molecule has 0 radical (unpaired) electrons. The minimum atomic E-state index is -0.871. The third kappa shape index (κ3) is 2.66. The van der Waals surface area contributed by atoms with Crippen molar-refractivity contribution in [3.8, 4) is 0 Å². The van der Waals surface area contributed by atoms with E-state index in [-0.39, 0.29) is 16.7 Å². The third-order valence-corrected chi connectivity index (χ3v) is 3.33. The fraction of sp³-hybridized carbons (Fsp3) is 0.133. The fourth-order valence-corrected chi connectivity index (χ4v) is 1.90. The number of carbonyl (C=O) groups excluding carboxylic acids is 1. The quantitative estimate of drug-likeness (QED) is 0.742. The molecule has 0 bridgehead atoms. The molecule has 2 aromatic rings. The zero-order chi connectivity index (χ0) is 14.2. The molecule has 0 unspecified atom stereocenters. The van der Waals surface area contributed by atoms with E-state index in [2.05, 4.69) is 0 Å². The highest BCUT2D eigenvalue weighted by Gasteiger charge is 2.17. The van der Waals surface area contributed by atoms with Gasteiger partial charge in [0.1, 0.15) is 11.6 Å². The Morgan fingerprint density at radius 2 is 1.68 bits per heavy atom. The summed E-state index contributed by atoms with van der Waals surface area (Å²) in [6.07, 6.45) is 0. The third-order valence-electron chi connectivity index (χ3n) is 2.93. The molecule has 19 heavy (non-hydrogen) atoms. The van der Waals surface area contributed by atoms with Crippen molar-refractivity contribution in [3.05, 3.63) is 69.2 Å². The number of benzene rings is 2. The van der Waals surface area contributed by atoms with Crippen molar-refractivity contribution >= 4 is 17.4 Å². The van der Waals surface area contributed by atoms with Gasteiger partial charge in [0.15, 0.2) is 5.78 Å². The van der Waals surface area contributed by atoms with E-state index in [4.69, 9.17) is 11.6 Å². The molecule has 0 aliphatic rings. The van der Waals surface area contributed by atoms with Gasteiger partial charge in [-0.3, -0.25) is 4.79 Å². The van der Waals surface area contributed by atoms with Crippen LogP contribution in [-0.2, 0) is 0 Å². The summed E-state index contributed by atoms with van der Waals surface area (Å²) in [5, 5.41) is 0.435. The number of hydrogen-bond acceptors (Lipinski definition) is 1. The van der Waals surface area contributed by atoms with Crippen molar-refractivity contribution in [1.29, 1.82) is 0 Å². The van der Waals surface area contributed by atoms with Crippen LogP contribution < -0.4 is 0 Å². The first-order chi connectivity index (χ1) is 8.90. The zero-order valence-corrected chi connectivity index (χ0v) is 11.2. The van der Waals surface area contributed by atoms with E-state index in [0.29, 0.717) is 5.02 Å². The lowest BCUT2D eigenvalue weighted by atomic mass is 10.00. The molecule has 0 saturated heterocycles. The molecule has 2 aromatic carbocycles. The largest absolute Gasteiger partial charge is 0.288 e. The van der Waals surface area contributed by atoms with Crippen molar-refractivity contribution in [2.75, 3.05) is 0 Å². The van der Waals surface area contributed by atoms with Gasteiger partial charge in [-0.2, -0.15) is 0 Å². The lowest BCUT2D eigenvalue weighted by molar-refractivity contribution is 0.103. The van der Waals surface area contributed by atoms with Crippen LogP contribution in [0.25, 0.3) is 0 Å². The second-order valence-corrected chi connectivity index (χ2v) is 4.78. The minimum Gasteiger partial charge on any atom is -0.288 e. The highest BCUT2D eigenvalue weighted by molar-refractivity contribution is 6.31. The van der Waals surface area contributed by atoms with Crippen LogP contribution in [0.2, 0.25) is 5.02 Å². The van der Waals surface area contributed by atoms with Gasteiger partial charge in [0, 0.05) is 16.7 Å². The standard InChI is InChI=1S/C15H11ClF2O/c1-8-3-4-10(6-12(8)16)15(19)11-5-9(2)13(17)7-14(11)18/h3-7H,1-2H3. The number of rotatable bonds is 2. The van der Waals surface area contributed by atoms with Gasteiger partial charge in [0.2, 0.25) is 0 Å². The van der Waals surface area contributed by atoms with E-state index in [0.717, 1.165) is 11.6 Å². The predicted molar refractivity (Wildman–Crippen MR) is 70.7 cm³/mol. The van der Waals surface area contributed by atoms with E-state index in [1.807, 2.05) is 0 Å². The van der Waals surface area contributed by atoms with Crippen molar-refractivity contribution < 1.29 is 13.6 Å². The van der Waals surface area contributed by atoms with Gasteiger partial charge in [-0.05, 0) is 37.1 Å². The second kappa shape index (κ2) is 5.10. The Balaban J connectivity index is 2.49. The van der Waals surface area contributed by atoms with Gasteiger partial charge >= 0.3 is 0 Å². The van der Waals surface area contributed by atoms with Crippen LogP contribution in [-0.4, -0.2) is 5.78 Å². The molecule has 0 aliphatic heterocycles.